The number of hydrogen-bond donors (Lipinski definition) is 0. The Morgan fingerprint density at radius 3 is 0.775 bits per heavy atom. The van der Waals surface area contributed by atoms with Gasteiger partial charge in [0.25, 0.3) is 0 Å². The van der Waals surface area contributed by atoms with Crippen molar-refractivity contribution in [3.63, 3.8) is 0 Å². The normalized spacial score (nSPS) is 11.8. The van der Waals surface area contributed by atoms with Crippen LogP contribution in [0.15, 0.2) is 408 Å². The maximum absolute atomic E-state index is 6.04. The molecule has 26 rings (SSSR count). The Hall–Kier alpha value is -16.4. The van der Waals surface area contributed by atoms with Crippen LogP contribution >= 0.6 is 0 Å². The fourth-order valence-corrected chi connectivity index (χ4v) is 17.6. The van der Waals surface area contributed by atoms with E-state index in [9.17, 15) is 0 Å². The molecule has 0 amide bonds. The first kappa shape index (κ1) is 68.0. The molecule has 0 radical (unpaired) electrons. The first-order valence-electron chi connectivity index (χ1n) is 40.2. The summed E-state index contributed by atoms with van der Waals surface area (Å²) in [5.74, 6) is 0. The second-order valence-corrected chi connectivity index (χ2v) is 30.5. The fourth-order valence-electron chi connectivity index (χ4n) is 17.6. The van der Waals surface area contributed by atoms with Crippen molar-refractivity contribution in [1.29, 1.82) is 0 Å². The van der Waals surface area contributed by atoms with Crippen molar-refractivity contribution in [2.24, 2.45) is 0 Å². The van der Waals surface area contributed by atoms with E-state index in [1.165, 1.54) is 27.8 Å². The molecule has 0 atom stereocenters. The van der Waals surface area contributed by atoms with Crippen LogP contribution in [0.4, 0.5) is 0 Å². The molecule has 0 unspecified atom stereocenters. The zero-order chi connectivity index (χ0) is 78.9. The predicted molar refractivity (Wildman–Crippen MR) is 489 cm³/mol. The quantitative estimate of drug-likeness (QED) is 0.146. The summed E-state index contributed by atoms with van der Waals surface area (Å²) in [5.41, 5.74) is 34.6. The van der Waals surface area contributed by atoms with Crippen LogP contribution in [0.5, 0.6) is 0 Å². The highest BCUT2D eigenvalue weighted by Crippen LogP contribution is 2.43. The Morgan fingerprint density at radius 1 is 0.167 bits per heavy atom. The largest absolute Gasteiger partial charge is 0.456 e. The molecule has 0 N–H and O–H groups in total. The lowest BCUT2D eigenvalue weighted by molar-refractivity contribution is 0.668. The van der Waals surface area contributed by atoms with Crippen LogP contribution in [-0.4, -0.2) is 43.1 Å². The van der Waals surface area contributed by atoms with Crippen molar-refractivity contribution in [3.05, 3.63) is 395 Å². The Balaban J connectivity index is 0.000000103. The summed E-state index contributed by atoms with van der Waals surface area (Å²) in [5, 5.41) is 10.0. The number of fused-ring (bicyclic) bond motifs is 24. The van der Waals surface area contributed by atoms with Crippen molar-refractivity contribution in [3.8, 4) is 89.4 Å². The van der Waals surface area contributed by atoms with E-state index in [0.717, 1.165) is 210 Å². The molecule has 12 nitrogen and oxygen atoms in total. The SMILES string of the molecule is c1cc(-c2ccc(-c3ccc4oc5ccccc5c4c3)cc2)cc(-c2nc3ccccc3c3nc4ccccn4c23)c1.c1cc(-c2ccc(-c3nc4ccccc4c4nc5ccccn5c34)cc2)cc(-c2ccc3oc4ccccc4c3c2)c1.c1cc(-c2ccc3oc4ccccc4c3c2)cc(-c2nc3ccccc3c3nc4ccccn4c23)c1. The van der Waals surface area contributed by atoms with Gasteiger partial charge in [-0.25, -0.2) is 29.9 Å². The summed E-state index contributed by atoms with van der Waals surface area (Å²) < 4.78 is 24.5. The highest BCUT2D eigenvalue weighted by molar-refractivity contribution is 6.14. The van der Waals surface area contributed by atoms with Gasteiger partial charge in [-0.15, -0.1) is 0 Å². The molecule has 12 heterocycles. The monoisotopic (exact) mass is 1540 g/mol. The number of imidazole rings is 3. The van der Waals surface area contributed by atoms with Gasteiger partial charge in [0.2, 0.25) is 0 Å². The number of nitrogens with zero attached hydrogens (tertiary/aromatic N) is 9. The van der Waals surface area contributed by atoms with Gasteiger partial charge in [0.15, 0.2) is 0 Å². The number of hydrogen-bond acceptors (Lipinski definition) is 9. The molecule has 0 saturated heterocycles. The van der Waals surface area contributed by atoms with Crippen LogP contribution in [0, 0.1) is 0 Å². The molecule has 0 fully saturated rings. The van der Waals surface area contributed by atoms with Gasteiger partial charge in [-0.3, -0.25) is 13.2 Å². The van der Waals surface area contributed by atoms with Gasteiger partial charge >= 0.3 is 0 Å². The van der Waals surface area contributed by atoms with Crippen LogP contribution in [0.2, 0.25) is 0 Å². The molecule has 560 valence electrons. The molecular weight excluding hydrogens is 1470 g/mol. The Morgan fingerprint density at radius 2 is 0.417 bits per heavy atom. The standard InChI is InChI=1S/2C38H23N3O.C32H19N3O/c1-3-12-32-30(11-1)37-38(41-21-6-5-14-35(41)40-37)36(39-32)28-9-7-8-26(22-28)24-15-17-25(18-16-24)27-19-20-34-31(23-27)29-10-2-4-13-33(29)42-34;1-3-12-32-30(11-1)37-38(41-21-6-5-14-35(41)40-37)36(39-32)25-17-15-24(16-18-25)26-8-7-9-27(22-26)28-19-20-34-31(23-28)29-10-2-4-13-33(29)42-34;1-3-12-26-24(11-1)31-32(35-17-6-5-14-29(35)34-31)30(33-26)22-9-7-8-20(18-22)21-15-16-28-25(19-21)23-10-2-4-13-27(23)36-28/h2*1-23H;1-19H. The minimum Gasteiger partial charge on any atom is -0.456 e. The molecule has 12 aromatic heterocycles. The average molecular weight is 1540 g/mol. The summed E-state index contributed by atoms with van der Waals surface area (Å²) in [7, 11) is 0. The topological polar surface area (TPSA) is 130 Å². The second-order valence-electron chi connectivity index (χ2n) is 30.5. The van der Waals surface area contributed by atoms with Crippen LogP contribution in [0.3, 0.4) is 0 Å². The van der Waals surface area contributed by atoms with Gasteiger partial charge < -0.3 is 13.3 Å². The van der Waals surface area contributed by atoms with Gasteiger partial charge in [-0.05, 0) is 183 Å². The Labute approximate surface area is 684 Å². The highest BCUT2D eigenvalue weighted by atomic mass is 16.3. The van der Waals surface area contributed by atoms with Gasteiger partial charge in [-0.2, -0.15) is 0 Å². The lowest BCUT2D eigenvalue weighted by Crippen LogP contribution is -1.92. The van der Waals surface area contributed by atoms with Crippen LogP contribution in [0.25, 0.3) is 238 Å². The van der Waals surface area contributed by atoms with Gasteiger partial charge in [0, 0.05) is 83.8 Å². The van der Waals surface area contributed by atoms with E-state index < -0.39 is 0 Å². The lowest BCUT2D eigenvalue weighted by atomic mass is 9.97. The van der Waals surface area contributed by atoms with Gasteiger partial charge in [0.1, 0.15) is 67.0 Å². The summed E-state index contributed by atoms with van der Waals surface area (Å²) >= 11 is 0. The maximum Gasteiger partial charge on any atom is 0.137 e. The molecule has 14 aromatic carbocycles. The van der Waals surface area contributed by atoms with Crippen LogP contribution in [-0.2, 0) is 0 Å². The first-order valence-corrected chi connectivity index (χ1v) is 40.2. The number of rotatable bonds is 8. The van der Waals surface area contributed by atoms with E-state index in [1.807, 2.05) is 127 Å². The number of aromatic nitrogens is 9. The number of pyridine rings is 6. The second kappa shape index (κ2) is 27.7. The summed E-state index contributed by atoms with van der Waals surface area (Å²) in [6.45, 7) is 0. The van der Waals surface area contributed by atoms with E-state index in [0.29, 0.717) is 0 Å². The number of furan rings is 3. The third-order valence-electron chi connectivity index (χ3n) is 23.4. The smallest absolute Gasteiger partial charge is 0.137 e. The Bertz CT molecular complexity index is 8640. The van der Waals surface area contributed by atoms with Crippen molar-refractivity contribution >= 4 is 149 Å². The fraction of sp³-hybridized carbons (Fsp3) is 0. The zero-order valence-corrected chi connectivity index (χ0v) is 64.3. The van der Waals surface area contributed by atoms with Crippen molar-refractivity contribution in [2.45, 2.75) is 0 Å². The molecular formula is C108H65N9O3. The molecule has 0 aliphatic heterocycles. The third kappa shape index (κ3) is 11.4. The molecule has 0 bridgehead atoms. The number of benzene rings is 14. The number of para-hydroxylation sites is 6. The first-order chi connectivity index (χ1) is 59.4. The van der Waals surface area contributed by atoms with E-state index in [2.05, 4.69) is 281 Å². The zero-order valence-electron chi connectivity index (χ0n) is 64.3. The van der Waals surface area contributed by atoms with Crippen LogP contribution in [0.1, 0.15) is 0 Å². The summed E-state index contributed by atoms with van der Waals surface area (Å²) in [4.78, 5) is 30.4. The van der Waals surface area contributed by atoms with Gasteiger partial charge in [-0.1, -0.05) is 249 Å². The third-order valence-corrected chi connectivity index (χ3v) is 23.4. The molecule has 12 heteroatoms. The molecule has 0 spiro atoms. The van der Waals surface area contributed by atoms with Gasteiger partial charge in [0.05, 0.1) is 50.2 Å². The van der Waals surface area contributed by atoms with Crippen molar-refractivity contribution < 1.29 is 13.3 Å². The summed E-state index contributed by atoms with van der Waals surface area (Å²) in [6.07, 6.45) is 6.19. The van der Waals surface area contributed by atoms with E-state index in [4.69, 9.17) is 43.2 Å². The highest BCUT2D eigenvalue weighted by Gasteiger charge is 2.22. The van der Waals surface area contributed by atoms with Crippen molar-refractivity contribution in [1.82, 2.24) is 43.1 Å². The Kier molecular flexibility index (Phi) is 15.7. The lowest BCUT2D eigenvalue weighted by Gasteiger charge is -2.10. The molecule has 26 aromatic rings. The van der Waals surface area contributed by atoms with Crippen LogP contribution < -0.4 is 0 Å². The average Bonchev–Trinajstić information content (AvgIpc) is 1.57. The molecule has 120 heavy (non-hydrogen) atoms. The molecule has 0 saturated carbocycles. The molecule has 0 aliphatic carbocycles. The van der Waals surface area contributed by atoms with Crippen molar-refractivity contribution in [2.75, 3.05) is 0 Å². The minimum absolute atomic E-state index is 0.903. The maximum atomic E-state index is 6.04. The van der Waals surface area contributed by atoms with E-state index in [1.54, 1.807) is 0 Å². The predicted octanol–water partition coefficient (Wildman–Crippen LogP) is 28.1. The van der Waals surface area contributed by atoms with E-state index >= 15 is 0 Å². The van der Waals surface area contributed by atoms with E-state index in [-0.39, 0.29) is 0 Å². The summed E-state index contributed by atoms with van der Waals surface area (Å²) in [6, 6.07) is 130. The molecule has 0 aliphatic rings. The minimum atomic E-state index is 0.903.